The summed E-state index contributed by atoms with van der Waals surface area (Å²) >= 11 is 0. The number of hydrogen-bond donors (Lipinski definition) is 0. The Morgan fingerprint density at radius 3 is 2.55 bits per heavy atom. The third kappa shape index (κ3) is 2.79. The smallest absolute Gasteiger partial charge is 0.00477 e. The highest BCUT2D eigenvalue weighted by atomic mass is 15.1. The van der Waals surface area contributed by atoms with Gasteiger partial charge in [-0.1, -0.05) is 39.0 Å². The van der Waals surface area contributed by atoms with Crippen LogP contribution in [0.2, 0.25) is 0 Å². The molecule has 2 unspecified atom stereocenters. The van der Waals surface area contributed by atoms with Crippen molar-refractivity contribution in [2.45, 2.75) is 52.4 Å². The quantitative estimate of drug-likeness (QED) is 0.738. The lowest BCUT2D eigenvalue weighted by molar-refractivity contribution is 0.216. The number of likely N-dealkylation sites (N-methyl/N-ethyl adjacent to an activating group) is 1. The molecule has 110 valence electrons. The number of hydrogen-bond acceptors (Lipinski definition) is 1. The molecule has 0 radical (unpaired) electrons. The van der Waals surface area contributed by atoms with E-state index < -0.39 is 0 Å². The topological polar surface area (TPSA) is 3.24 Å². The number of nitrogens with zero attached hydrogens (tertiary/aromatic N) is 1. The van der Waals surface area contributed by atoms with Crippen LogP contribution in [0.25, 0.3) is 0 Å². The Kier molecular flexibility index (Phi) is 3.66. The number of benzene rings is 1. The van der Waals surface area contributed by atoms with Crippen molar-refractivity contribution < 1.29 is 0 Å². The molecule has 0 aromatic heterocycles. The van der Waals surface area contributed by atoms with Crippen molar-refractivity contribution in [1.29, 1.82) is 0 Å². The summed E-state index contributed by atoms with van der Waals surface area (Å²) < 4.78 is 0. The van der Waals surface area contributed by atoms with Gasteiger partial charge in [-0.2, -0.15) is 0 Å². The van der Waals surface area contributed by atoms with Crippen LogP contribution in [0, 0.1) is 11.3 Å². The molecule has 1 heteroatoms. The minimum Gasteiger partial charge on any atom is -0.306 e. The van der Waals surface area contributed by atoms with Gasteiger partial charge in [0.05, 0.1) is 0 Å². The summed E-state index contributed by atoms with van der Waals surface area (Å²) in [5, 5.41) is 0. The van der Waals surface area contributed by atoms with Gasteiger partial charge in [0.15, 0.2) is 0 Å². The molecule has 1 fully saturated rings. The SMILES string of the molecule is CN1CCC(c2ccc3c(c2)CC(C(C)(C)C)CC3)C1. The third-order valence-corrected chi connectivity index (χ3v) is 5.55. The first kappa shape index (κ1) is 14.1. The summed E-state index contributed by atoms with van der Waals surface area (Å²) in [7, 11) is 2.24. The van der Waals surface area contributed by atoms with Crippen molar-refractivity contribution in [3.63, 3.8) is 0 Å². The number of rotatable bonds is 1. The Balaban J connectivity index is 1.82. The molecule has 3 rings (SSSR count). The Hall–Kier alpha value is -0.820. The predicted octanol–water partition coefficient (Wildman–Crippen LogP) is 4.26. The molecule has 2 aliphatic rings. The van der Waals surface area contributed by atoms with E-state index >= 15 is 0 Å². The van der Waals surface area contributed by atoms with E-state index in [0.29, 0.717) is 5.41 Å². The molecule has 1 aliphatic carbocycles. The van der Waals surface area contributed by atoms with Gasteiger partial charge in [0.25, 0.3) is 0 Å². The molecule has 1 heterocycles. The summed E-state index contributed by atoms with van der Waals surface area (Å²) in [5.74, 6) is 1.61. The average molecular weight is 271 g/mol. The summed E-state index contributed by atoms with van der Waals surface area (Å²) in [6.07, 6.45) is 5.26. The van der Waals surface area contributed by atoms with Crippen LogP contribution in [0.5, 0.6) is 0 Å². The zero-order chi connectivity index (χ0) is 14.3. The molecule has 0 spiro atoms. The summed E-state index contributed by atoms with van der Waals surface area (Å²) in [6.45, 7) is 9.70. The van der Waals surface area contributed by atoms with E-state index in [4.69, 9.17) is 0 Å². The van der Waals surface area contributed by atoms with Gasteiger partial charge in [-0.3, -0.25) is 0 Å². The molecule has 1 saturated heterocycles. The van der Waals surface area contributed by atoms with Gasteiger partial charge in [-0.25, -0.2) is 0 Å². The zero-order valence-corrected chi connectivity index (χ0v) is 13.6. The normalized spacial score (nSPS) is 27.6. The van der Waals surface area contributed by atoms with Crippen LogP contribution in [0.15, 0.2) is 18.2 Å². The first-order chi connectivity index (χ1) is 9.43. The summed E-state index contributed by atoms with van der Waals surface area (Å²) in [5.41, 5.74) is 5.29. The lowest BCUT2D eigenvalue weighted by atomic mass is 9.70. The van der Waals surface area contributed by atoms with Crippen LogP contribution in [0.1, 0.15) is 56.2 Å². The number of likely N-dealkylation sites (tertiary alicyclic amines) is 1. The van der Waals surface area contributed by atoms with Gasteiger partial charge in [0, 0.05) is 6.54 Å². The van der Waals surface area contributed by atoms with Crippen LogP contribution in [-0.2, 0) is 12.8 Å². The van der Waals surface area contributed by atoms with E-state index in [2.05, 4.69) is 50.9 Å². The number of fused-ring (bicyclic) bond motifs is 1. The predicted molar refractivity (Wildman–Crippen MR) is 86.3 cm³/mol. The standard InChI is InChI=1S/C19H29N/c1-19(2,3)18-8-7-14-5-6-15(11-17(14)12-18)16-9-10-20(4)13-16/h5-6,11,16,18H,7-10,12-13H2,1-4H3. The summed E-state index contributed by atoms with van der Waals surface area (Å²) in [4.78, 5) is 2.46. The lowest BCUT2D eigenvalue weighted by Gasteiger charge is -2.35. The molecule has 20 heavy (non-hydrogen) atoms. The minimum absolute atomic E-state index is 0.446. The van der Waals surface area contributed by atoms with Gasteiger partial charge < -0.3 is 4.90 Å². The van der Waals surface area contributed by atoms with Crippen LogP contribution < -0.4 is 0 Å². The maximum Gasteiger partial charge on any atom is 0.00477 e. The maximum absolute atomic E-state index is 2.54. The maximum atomic E-state index is 2.54. The van der Waals surface area contributed by atoms with E-state index in [9.17, 15) is 0 Å². The molecule has 1 aromatic rings. The molecule has 2 atom stereocenters. The van der Waals surface area contributed by atoms with Crippen LogP contribution in [0.4, 0.5) is 0 Å². The minimum atomic E-state index is 0.446. The van der Waals surface area contributed by atoms with Crippen molar-refractivity contribution in [3.8, 4) is 0 Å². The van der Waals surface area contributed by atoms with Crippen molar-refractivity contribution in [2.75, 3.05) is 20.1 Å². The second kappa shape index (κ2) is 5.18. The zero-order valence-electron chi connectivity index (χ0n) is 13.6. The highest BCUT2D eigenvalue weighted by Gasteiger charge is 2.29. The van der Waals surface area contributed by atoms with Gasteiger partial charge >= 0.3 is 0 Å². The molecule has 1 aliphatic heterocycles. The average Bonchev–Trinajstić information content (AvgIpc) is 2.83. The van der Waals surface area contributed by atoms with E-state index in [1.165, 1.54) is 38.8 Å². The van der Waals surface area contributed by atoms with E-state index in [0.717, 1.165) is 11.8 Å². The Bertz CT molecular complexity index is 483. The third-order valence-electron chi connectivity index (χ3n) is 5.55. The molecule has 0 saturated carbocycles. The van der Waals surface area contributed by atoms with E-state index in [1.54, 1.807) is 16.7 Å². The Labute approximate surface area is 124 Å². The highest BCUT2D eigenvalue weighted by molar-refractivity contribution is 5.36. The first-order valence-electron chi connectivity index (χ1n) is 8.24. The summed E-state index contributed by atoms with van der Waals surface area (Å²) in [6, 6.07) is 7.36. The monoisotopic (exact) mass is 271 g/mol. The van der Waals surface area contributed by atoms with Gasteiger partial charge in [0.2, 0.25) is 0 Å². The van der Waals surface area contributed by atoms with E-state index in [1.807, 2.05) is 0 Å². The van der Waals surface area contributed by atoms with Crippen molar-refractivity contribution in [3.05, 3.63) is 34.9 Å². The second-order valence-electron chi connectivity index (χ2n) is 8.08. The molecule has 0 N–H and O–H groups in total. The van der Waals surface area contributed by atoms with E-state index in [-0.39, 0.29) is 0 Å². The van der Waals surface area contributed by atoms with Crippen molar-refractivity contribution in [2.24, 2.45) is 11.3 Å². The fraction of sp³-hybridized carbons (Fsp3) is 0.684. The largest absolute Gasteiger partial charge is 0.306 e. The second-order valence-corrected chi connectivity index (χ2v) is 8.08. The van der Waals surface area contributed by atoms with Crippen LogP contribution in [0.3, 0.4) is 0 Å². The molecular formula is C19H29N. The molecule has 0 amide bonds. The molecule has 1 aromatic carbocycles. The van der Waals surface area contributed by atoms with Gasteiger partial charge in [-0.15, -0.1) is 0 Å². The van der Waals surface area contributed by atoms with Gasteiger partial charge in [-0.05, 0) is 73.2 Å². The lowest BCUT2D eigenvalue weighted by Crippen LogP contribution is -2.27. The molecule has 1 nitrogen and oxygen atoms in total. The van der Waals surface area contributed by atoms with Crippen molar-refractivity contribution in [1.82, 2.24) is 4.90 Å². The fourth-order valence-electron chi connectivity index (χ4n) is 3.98. The highest BCUT2D eigenvalue weighted by Crippen LogP contribution is 2.38. The molecule has 0 bridgehead atoms. The van der Waals surface area contributed by atoms with Crippen molar-refractivity contribution >= 4 is 0 Å². The fourth-order valence-corrected chi connectivity index (χ4v) is 3.98. The van der Waals surface area contributed by atoms with Crippen LogP contribution >= 0.6 is 0 Å². The Morgan fingerprint density at radius 2 is 1.90 bits per heavy atom. The van der Waals surface area contributed by atoms with Gasteiger partial charge in [0.1, 0.15) is 0 Å². The van der Waals surface area contributed by atoms with Crippen LogP contribution in [-0.4, -0.2) is 25.0 Å². The Morgan fingerprint density at radius 1 is 1.10 bits per heavy atom. The first-order valence-corrected chi connectivity index (χ1v) is 8.24. The molecular weight excluding hydrogens is 242 g/mol. The number of aryl methyl sites for hydroxylation is 1.